The first-order valence-corrected chi connectivity index (χ1v) is 7.64. The van der Waals surface area contributed by atoms with E-state index in [0.29, 0.717) is 10.9 Å². The van der Waals surface area contributed by atoms with Gasteiger partial charge in [0.15, 0.2) is 5.13 Å². The number of aromatic nitrogens is 1. The van der Waals surface area contributed by atoms with Gasteiger partial charge in [0.2, 0.25) is 5.91 Å². The van der Waals surface area contributed by atoms with Crippen LogP contribution in [0.5, 0.6) is 0 Å². The van der Waals surface area contributed by atoms with Crippen molar-refractivity contribution < 1.29 is 9.21 Å². The number of aryl methyl sites for hydroxylation is 1. The second-order valence-corrected chi connectivity index (χ2v) is 5.60. The van der Waals surface area contributed by atoms with Gasteiger partial charge in [0.1, 0.15) is 5.76 Å². The van der Waals surface area contributed by atoms with Crippen LogP contribution >= 0.6 is 11.3 Å². The Hall–Kier alpha value is -2.66. The quantitative estimate of drug-likeness (QED) is 0.728. The minimum absolute atomic E-state index is 0.235. The molecule has 2 heterocycles. The maximum absolute atomic E-state index is 11.8. The van der Waals surface area contributed by atoms with Crippen molar-refractivity contribution in [3.05, 3.63) is 65.4 Å². The van der Waals surface area contributed by atoms with Crippen molar-refractivity contribution in [3.8, 4) is 11.3 Å². The number of benzene rings is 1. The van der Waals surface area contributed by atoms with E-state index < -0.39 is 0 Å². The Morgan fingerprint density at radius 1 is 1.27 bits per heavy atom. The van der Waals surface area contributed by atoms with E-state index in [2.05, 4.69) is 10.3 Å². The molecule has 5 heteroatoms. The fraction of sp³-hybridized carbons (Fsp3) is 0.0588. The van der Waals surface area contributed by atoms with Gasteiger partial charge in [-0.3, -0.25) is 10.1 Å². The van der Waals surface area contributed by atoms with Gasteiger partial charge < -0.3 is 4.42 Å². The Kier molecular flexibility index (Phi) is 4.16. The number of carbonyl (C=O) groups is 1. The van der Waals surface area contributed by atoms with Gasteiger partial charge in [-0.1, -0.05) is 29.8 Å². The Morgan fingerprint density at radius 3 is 2.82 bits per heavy atom. The normalized spacial score (nSPS) is 11.0. The average Bonchev–Trinajstić information content (AvgIpc) is 3.17. The number of carbonyl (C=O) groups excluding carboxylic acids is 1. The molecule has 22 heavy (non-hydrogen) atoms. The number of hydrogen-bond acceptors (Lipinski definition) is 4. The van der Waals surface area contributed by atoms with Gasteiger partial charge in [0.05, 0.1) is 12.0 Å². The lowest BCUT2D eigenvalue weighted by Crippen LogP contribution is -2.07. The van der Waals surface area contributed by atoms with E-state index in [1.807, 2.05) is 36.6 Å². The van der Waals surface area contributed by atoms with Crippen molar-refractivity contribution in [2.75, 3.05) is 5.32 Å². The number of nitrogens with one attached hydrogen (secondary N) is 1. The molecule has 3 rings (SSSR count). The van der Waals surface area contributed by atoms with E-state index >= 15 is 0 Å². The largest absolute Gasteiger partial charge is 0.465 e. The predicted octanol–water partition coefficient (Wildman–Crippen LogP) is 4.36. The summed E-state index contributed by atoms with van der Waals surface area (Å²) in [5.41, 5.74) is 3.10. The lowest BCUT2D eigenvalue weighted by molar-refractivity contribution is -0.111. The number of furan rings is 1. The summed E-state index contributed by atoms with van der Waals surface area (Å²) >= 11 is 1.40. The minimum Gasteiger partial charge on any atom is -0.465 e. The van der Waals surface area contributed by atoms with Gasteiger partial charge in [-0.2, -0.15) is 0 Å². The number of nitrogens with zero attached hydrogens (tertiary/aromatic N) is 1. The van der Waals surface area contributed by atoms with Crippen molar-refractivity contribution in [2.24, 2.45) is 0 Å². The summed E-state index contributed by atoms with van der Waals surface area (Å²) in [4.78, 5) is 16.2. The highest BCUT2D eigenvalue weighted by atomic mass is 32.1. The predicted molar refractivity (Wildman–Crippen MR) is 88.7 cm³/mol. The molecule has 110 valence electrons. The fourth-order valence-corrected chi connectivity index (χ4v) is 2.60. The van der Waals surface area contributed by atoms with E-state index in [1.165, 1.54) is 23.0 Å². The molecule has 0 aliphatic rings. The summed E-state index contributed by atoms with van der Waals surface area (Å²) in [5, 5.41) is 5.25. The molecule has 0 unspecified atom stereocenters. The van der Waals surface area contributed by atoms with E-state index in [0.717, 1.165) is 11.3 Å². The molecule has 1 aromatic carbocycles. The van der Waals surface area contributed by atoms with Crippen LogP contribution in [0, 0.1) is 6.92 Å². The van der Waals surface area contributed by atoms with Crippen molar-refractivity contribution >= 4 is 28.5 Å². The molecule has 0 atom stereocenters. The monoisotopic (exact) mass is 310 g/mol. The second-order valence-electron chi connectivity index (χ2n) is 4.74. The van der Waals surface area contributed by atoms with Gasteiger partial charge in [-0.15, -0.1) is 11.3 Å². The zero-order valence-corrected chi connectivity index (χ0v) is 12.8. The fourth-order valence-electron chi connectivity index (χ4n) is 1.88. The molecule has 0 spiro atoms. The van der Waals surface area contributed by atoms with Crippen LogP contribution in [0.25, 0.3) is 17.3 Å². The molecular weight excluding hydrogens is 296 g/mol. The van der Waals surface area contributed by atoms with Gasteiger partial charge in [0, 0.05) is 17.0 Å². The van der Waals surface area contributed by atoms with E-state index in [1.54, 1.807) is 24.5 Å². The standard InChI is InChI=1S/C17H14N2O2S/c1-12-4-6-13(7-5-12)15-11-22-17(18-15)19-16(20)9-8-14-3-2-10-21-14/h2-11H,1H3,(H,18,19,20)/b9-8+. The van der Waals surface area contributed by atoms with Gasteiger partial charge in [-0.25, -0.2) is 4.98 Å². The van der Waals surface area contributed by atoms with Crippen LogP contribution in [0.2, 0.25) is 0 Å². The van der Waals surface area contributed by atoms with Crippen molar-refractivity contribution in [3.63, 3.8) is 0 Å². The lowest BCUT2D eigenvalue weighted by atomic mass is 10.1. The molecule has 0 saturated heterocycles. The second kappa shape index (κ2) is 6.41. The van der Waals surface area contributed by atoms with E-state index in [4.69, 9.17) is 4.42 Å². The summed E-state index contributed by atoms with van der Waals surface area (Å²) in [7, 11) is 0. The van der Waals surface area contributed by atoms with Crippen molar-refractivity contribution in [2.45, 2.75) is 6.92 Å². The third kappa shape index (κ3) is 3.51. The Balaban J connectivity index is 1.66. The highest BCUT2D eigenvalue weighted by Crippen LogP contribution is 2.25. The molecule has 1 amide bonds. The molecule has 2 aromatic heterocycles. The molecule has 3 aromatic rings. The molecule has 1 N–H and O–H groups in total. The first-order chi connectivity index (χ1) is 10.7. The summed E-state index contributed by atoms with van der Waals surface area (Å²) in [6, 6.07) is 11.7. The van der Waals surface area contributed by atoms with Gasteiger partial charge >= 0.3 is 0 Å². The SMILES string of the molecule is Cc1ccc(-c2csc(NC(=O)/C=C/c3ccco3)n2)cc1. The zero-order valence-electron chi connectivity index (χ0n) is 11.9. The van der Waals surface area contributed by atoms with Crippen LogP contribution in [0.4, 0.5) is 5.13 Å². The molecule has 4 nitrogen and oxygen atoms in total. The Labute approximate surface area is 132 Å². The smallest absolute Gasteiger partial charge is 0.250 e. The van der Waals surface area contributed by atoms with Crippen LogP contribution < -0.4 is 5.32 Å². The molecule has 0 radical (unpaired) electrons. The third-order valence-electron chi connectivity index (χ3n) is 3.02. The summed E-state index contributed by atoms with van der Waals surface area (Å²) in [6.45, 7) is 2.04. The maximum atomic E-state index is 11.8. The third-order valence-corrected chi connectivity index (χ3v) is 3.78. The van der Waals surface area contributed by atoms with Crippen LogP contribution in [0.1, 0.15) is 11.3 Å². The summed E-state index contributed by atoms with van der Waals surface area (Å²) < 4.78 is 5.13. The first kappa shape index (κ1) is 14.3. The molecule has 0 fully saturated rings. The molecular formula is C17H14N2O2S. The van der Waals surface area contributed by atoms with E-state index in [9.17, 15) is 4.79 Å². The van der Waals surface area contributed by atoms with Gasteiger partial charge in [-0.05, 0) is 25.1 Å². The van der Waals surface area contributed by atoms with Crippen molar-refractivity contribution in [1.82, 2.24) is 4.98 Å². The Bertz CT molecular complexity index is 786. The highest BCUT2D eigenvalue weighted by Gasteiger charge is 2.06. The Morgan fingerprint density at radius 2 is 2.09 bits per heavy atom. The molecule has 0 aliphatic heterocycles. The summed E-state index contributed by atoms with van der Waals surface area (Å²) in [5.74, 6) is 0.399. The average molecular weight is 310 g/mol. The number of anilines is 1. The molecule has 0 bridgehead atoms. The molecule has 0 aliphatic carbocycles. The zero-order chi connectivity index (χ0) is 15.4. The van der Waals surface area contributed by atoms with Crippen LogP contribution in [0.15, 0.2) is 58.5 Å². The molecule has 0 saturated carbocycles. The number of rotatable bonds is 4. The highest BCUT2D eigenvalue weighted by molar-refractivity contribution is 7.14. The van der Waals surface area contributed by atoms with Crippen LogP contribution in [-0.2, 0) is 4.79 Å². The summed E-state index contributed by atoms with van der Waals surface area (Å²) in [6.07, 6.45) is 4.60. The maximum Gasteiger partial charge on any atom is 0.250 e. The number of thiazole rings is 1. The van der Waals surface area contributed by atoms with E-state index in [-0.39, 0.29) is 5.91 Å². The van der Waals surface area contributed by atoms with Crippen molar-refractivity contribution in [1.29, 1.82) is 0 Å². The lowest BCUT2D eigenvalue weighted by Gasteiger charge is -1.98. The van der Waals surface area contributed by atoms with Gasteiger partial charge in [0.25, 0.3) is 0 Å². The minimum atomic E-state index is -0.235. The topological polar surface area (TPSA) is 55.1 Å². The van der Waals surface area contributed by atoms with Crippen LogP contribution in [-0.4, -0.2) is 10.9 Å². The van der Waals surface area contributed by atoms with Crippen LogP contribution in [0.3, 0.4) is 0 Å². The first-order valence-electron chi connectivity index (χ1n) is 6.76. The number of amides is 1. The number of hydrogen-bond donors (Lipinski definition) is 1.